The zero-order valence-corrected chi connectivity index (χ0v) is 13.6. The Bertz CT molecular complexity index is 740. The molecule has 1 saturated heterocycles. The normalized spacial score (nSPS) is 15.7. The van der Waals surface area contributed by atoms with Gasteiger partial charge in [-0.2, -0.15) is 0 Å². The van der Waals surface area contributed by atoms with Crippen LogP contribution in [0.2, 0.25) is 0 Å². The highest BCUT2D eigenvalue weighted by Gasteiger charge is 2.15. The van der Waals surface area contributed by atoms with Crippen LogP contribution in [0.3, 0.4) is 0 Å². The Morgan fingerprint density at radius 3 is 2.91 bits per heavy atom. The highest BCUT2D eigenvalue weighted by Crippen LogP contribution is 2.15. The Morgan fingerprint density at radius 1 is 1.30 bits per heavy atom. The minimum atomic E-state index is -0.141. The summed E-state index contributed by atoms with van der Waals surface area (Å²) in [6.07, 6.45) is 2.39. The topological polar surface area (TPSA) is 86.9 Å². The first-order valence-electron chi connectivity index (χ1n) is 7.84. The number of aromatic nitrogens is 2. The maximum absolute atomic E-state index is 12.0. The summed E-state index contributed by atoms with van der Waals surface area (Å²) < 4.78 is 0. The van der Waals surface area contributed by atoms with Gasteiger partial charge in [0.25, 0.3) is 5.56 Å². The Morgan fingerprint density at radius 2 is 2.09 bits per heavy atom. The van der Waals surface area contributed by atoms with Gasteiger partial charge in [-0.3, -0.25) is 9.59 Å². The molecule has 1 aromatic heterocycles. The van der Waals surface area contributed by atoms with E-state index in [0.29, 0.717) is 28.2 Å². The first kappa shape index (κ1) is 16.0. The number of hydrogen-bond donors (Lipinski definition) is 3. The summed E-state index contributed by atoms with van der Waals surface area (Å²) in [6, 6.07) is 7.53. The fraction of sp³-hybridized carbons (Fsp3) is 0.438. The first-order valence-corrected chi connectivity index (χ1v) is 8.83. The molecule has 0 aliphatic carbocycles. The molecule has 0 spiro atoms. The van der Waals surface area contributed by atoms with Crippen molar-refractivity contribution in [2.75, 3.05) is 18.8 Å². The van der Waals surface area contributed by atoms with Crippen LogP contribution in [-0.4, -0.2) is 40.8 Å². The number of H-pyrrole nitrogens is 1. The summed E-state index contributed by atoms with van der Waals surface area (Å²) in [6.45, 7) is 1.92. The second kappa shape index (κ2) is 7.61. The van der Waals surface area contributed by atoms with E-state index in [1.165, 1.54) is 11.8 Å². The van der Waals surface area contributed by atoms with Crippen LogP contribution >= 0.6 is 11.8 Å². The molecule has 0 atom stereocenters. The van der Waals surface area contributed by atoms with Crippen molar-refractivity contribution in [2.24, 2.45) is 0 Å². The predicted molar refractivity (Wildman–Crippen MR) is 91.7 cm³/mol. The van der Waals surface area contributed by atoms with E-state index in [1.807, 2.05) is 18.2 Å². The number of amides is 1. The molecule has 7 heteroatoms. The number of carbonyl (C=O) groups is 1. The van der Waals surface area contributed by atoms with Crippen LogP contribution in [0.25, 0.3) is 10.9 Å². The van der Waals surface area contributed by atoms with Gasteiger partial charge in [-0.15, -0.1) is 0 Å². The lowest BCUT2D eigenvalue weighted by atomic mass is 10.1. The molecular formula is C16H20N4O2S. The second-order valence-electron chi connectivity index (χ2n) is 5.58. The number of piperidine rings is 1. The minimum absolute atomic E-state index is 0.0625. The standard InChI is InChI=1S/C16H20N4O2S/c21-14(18-11-5-8-17-9-6-11)7-10-23-16-19-13-4-2-1-3-12(13)15(22)20-16/h1-4,11,17H,5-10H2,(H,18,21)(H,19,20,22). The summed E-state index contributed by atoms with van der Waals surface area (Å²) in [4.78, 5) is 31.1. The van der Waals surface area contributed by atoms with Gasteiger partial charge in [-0.25, -0.2) is 4.98 Å². The highest BCUT2D eigenvalue weighted by atomic mass is 32.2. The van der Waals surface area contributed by atoms with E-state index in [9.17, 15) is 9.59 Å². The zero-order valence-electron chi connectivity index (χ0n) is 12.8. The maximum atomic E-state index is 12.0. The van der Waals surface area contributed by atoms with E-state index < -0.39 is 0 Å². The summed E-state index contributed by atoms with van der Waals surface area (Å²) in [5.74, 6) is 0.658. The van der Waals surface area contributed by atoms with Crippen LogP contribution in [0, 0.1) is 0 Å². The lowest BCUT2D eigenvalue weighted by molar-refractivity contribution is -0.121. The van der Waals surface area contributed by atoms with E-state index in [1.54, 1.807) is 6.07 Å². The molecule has 122 valence electrons. The molecule has 6 nitrogen and oxygen atoms in total. The molecule has 1 aliphatic rings. The Hall–Kier alpha value is -1.86. The summed E-state index contributed by atoms with van der Waals surface area (Å²) in [5.41, 5.74) is 0.537. The van der Waals surface area contributed by atoms with Gasteiger partial charge >= 0.3 is 0 Å². The lowest BCUT2D eigenvalue weighted by Gasteiger charge is -2.23. The summed E-state index contributed by atoms with van der Waals surface area (Å²) in [7, 11) is 0. The maximum Gasteiger partial charge on any atom is 0.259 e. The predicted octanol–water partition coefficient (Wildman–Crippen LogP) is 1.27. The minimum Gasteiger partial charge on any atom is -0.353 e. The molecule has 0 unspecified atom stereocenters. The van der Waals surface area contributed by atoms with E-state index in [0.717, 1.165) is 25.9 Å². The van der Waals surface area contributed by atoms with Crippen LogP contribution < -0.4 is 16.2 Å². The first-order chi connectivity index (χ1) is 11.2. The van der Waals surface area contributed by atoms with Gasteiger partial charge in [0.1, 0.15) is 0 Å². The third-order valence-corrected chi connectivity index (χ3v) is 4.74. The number of aromatic amines is 1. The molecule has 2 aromatic rings. The number of nitrogens with zero attached hydrogens (tertiary/aromatic N) is 1. The van der Waals surface area contributed by atoms with Crippen molar-refractivity contribution in [3.8, 4) is 0 Å². The number of carbonyl (C=O) groups excluding carboxylic acids is 1. The van der Waals surface area contributed by atoms with Crippen molar-refractivity contribution < 1.29 is 4.79 Å². The van der Waals surface area contributed by atoms with Gasteiger partial charge in [-0.05, 0) is 38.1 Å². The molecule has 1 aromatic carbocycles. The Kier molecular flexibility index (Phi) is 5.30. The molecule has 0 bridgehead atoms. The number of hydrogen-bond acceptors (Lipinski definition) is 5. The molecule has 1 fully saturated rings. The van der Waals surface area contributed by atoms with Gasteiger partial charge in [-0.1, -0.05) is 23.9 Å². The second-order valence-corrected chi connectivity index (χ2v) is 6.66. The van der Waals surface area contributed by atoms with Gasteiger partial charge in [0.2, 0.25) is 5.91 Å². The molecule has 0 radical (unpaired) electrons. The van der Waals surface area contributed by atoms with Crippen LogP contribution in [0.5, 0.6) is 0 Å². The lowest BCUT2D eigenvalue weighted by Crippen LogP contribution is -2.42. The van der Waals surface area contributed by atoms with Crippen molar-refractivity contribution >= 4 is 28.6 Å². The van der Waals surface area contributed by atoms with Crippen molar-refractivity contribution in [1.29, 1.82) is 0 Å². The van der Waals surface area contributed by atoms with Gasteiger partial charge in [0.15, 0.2) is 5.16 Å². The molecule has 1 amide bonds. The van der Waals surface area contributed by atoms with Crippen molar-refractivity contribution in [2.45, 2.75) is 30.5 Å². The monoisotopic (exact) mass is 332 g/mol. The number of fused-ring (bicyclic) bond motifs is 1. The van der Waals surface area contributed by atoms with Crippen LogP contribution in [0.1, 0.15) is 19.3 Å². The van der Waals surface area contributed by atoms with Crippen LogP contribution in [-0.2, 0) is 4.79 Å². The Labute approximate surface area is 138 Å². The van der Waals surface area contributed by atoms with Crippen LogP contribution in [0.4, 0.5) is 0 Å². The molecule has 3 N–H and O–H groups in total. The van der Waals surface area contributed by atoms with Gasteiger partial charge in [0.05, 0.1) is 10.9 Å². The van der Waals surface area contributed by atoms with Crippen LogP contribution in [0.15, 0.2) is 34.2 Å². The fourth-order valence-electron chi connectivity index (χ4n) is 2.64. The molecular weight excluding hydrogens is 312 g/mol. The third-order valence-electron chi connectivity index (χ3n) is 3.86. The van der Waals surface area contributed by atoms with E-state index >= 15 is 0 Å². The number of nitrogens with one attached hydrogen (secondary N) is 3. The van der Waals surface area contributed by atoms with Crippen molar-refractivity contribution in [3.05, 3.63) is 34.6 Å². The molecule has 1 aliphatic heterocycles. The summed E-state index contributed by atoms with van der Waals surface area (Å²) in [5, 5.41) is 7.48. The smallest absolute Gasteiger partial charge is 0.259 e. The van der Waals surface area contributed by atoms with Crippen molar-refractivity contribution in [3.63, 3.8) is 0 Å². The van der Waals surface area contributed by atoms with E-state index in [4.69, 9.17) is 0 Å². The average molecular weight is 332 g/mol. The third kappa shape index (κ3) is 4.33. The number of benzene rings is 1. The van der Waals surface area contributed by atoms with Crippen molar-refractivity contribution in [1.82, 2.24) is 20.6 Å². The molecule has 23 heavy (non-hydrogen) atoms. The molecule has 3 rings (SSSR count). The fourth-order valence-corrected chi connectivity index (χ4v) is 3.45. The molecule has 0 saturated carbocycles. The number of rotatable bonds is 5. The largest absolute Gasteiger partial charge is 0.353 e. The van der Waals surface area contributed by atoms with Gasteiger partial charge < -0.3 is 15.6 Å². The highest BCUT2D eigenvalue weighted by molar-refractivity contribution is 7.99. The van der Waals surface area contributed by atoms with Gasteiger partial charge in [0, 0.05) is 18.2 Å². The van der Waals surface area contributed by atoms with E-state index in [2.05, 4.69) is 20.6 Å². The van der Waals surface area contributed by atoms with E-state index in [-0.39, 0.29) is 17.5 Å². The average Bonchev–Trinajstić information content (AvgIpc) is 2.56. The Balaban J connectivity index is 1.52. The number of thioether (sulfide) groups is 1. The SMILES string of the molecule is O=C(CCSc1nc2ccccc2c(=O)[nH]1)NC1CCNCC1. The molecule has 2 heterocycles. The quantitative estimate of drug-likeness (QED) is 0.567. The summed E-state index contributed by atoms with van der Waals surface area (Å²) >= 11 is 1.40. The zero-order chi connectivity index (χ0) is 16.1. The number of para-hydroxylation sites is 1.